The van der Waals surface area contributed by atoms with Gasteiger partial charge in [-0.1, -0.05) is 42.5 Å². The Kier molecular flexibility index (Phi) is 7.54. The van der Waals surface area contributed by atoms with E-state index in [0.717, 1.165) is 12.1 Å². The first-order valence-electron chi connectivity index (χ1n) is 10.4. The number of carbonyl (C=O) groups excluding carboxylic acids is 4. The number of hydrogen-bond donors (Lipinski definition) is 2. The molecule has 34 heavy (non-hydrogen) atoms. The van der Waals surface area contributed by atoms with Gasteiger partial charge in [0, 0.05) is 19.4 Å². The molecule has 3 N–H and O–H groups in total. The zero-order valence-corrected chi connectivity index (χ0v) is 17.9. The summed E-state index contributed by atoms with van der Waals surface area (Å²) in [7, 11) is 0. The van der Waals surface area contributed by atoms with Gasteiger partial charge in [0.2, 0.25) is 17.6 Å². The number of hydrogen-bond acceptors (Lipinski definition) is 5. The summed E-state index contributed by atoms with van der Waals surface area (Å²) in [5.74, 6) is -3.67. The smallest absolute Gasteiger partial charge is 0.406 e. The van der Waals surface area contributed by atoms with Crippen LogP contribution < -0.4 is 15.8 Å². The van der Waals surface area contributed by atoms with E-state index in [-0.39, 0.29) is 31.7 Å². The van der Waals surface area contributed by atoms with Crippen LogP contribution >= 0.6 is 0 Å². The van der Waals surface area contributed by atoms with Crippen LogP contribution in [0.15, 0.2) is 54.6 Å². The molecule has 0 aliphatic carbocycles. The first-order valence-corrected chi connectivity index (χ1v) is 10.4. The summed E-state index contributed by atoms with van der Waals surface area (Å²) in [6, 6.07) is 11.6. The number of ether oxygens (including phenoxy) is 1. The van der Waals surface area contributed by atoms with Gasteiger partial charge < -0.3 is 20.7 Å². The molecule has 1 aliphatic rings. The van der Waals surface area contributed by atoms with Gasteiger partial charge in [0.1, 0.15) is 17.8 Å². The highest BCUT2D eigenvalue weighted by molar-refractivity contribution is 6.38. The second kappa shape index (κ2) is 10.4. The Morgan fingerprint density at radius 1 is 1.09 bits per heavy atom. The van der Waals surface area contributed by atoms with Gasteiger partial charge in [0.05, 0.1) is 0 Å². The standard InChI is InChI=1S/C23H22F3N3O5/c24-23(25,26)34-16-8-4-7-15(11-16)13-29-18(9-10-19(29)30)22(33)28-17(20(31)21(27)32)12-14-5-2-1-3-6-14/h1-8,11,17-18H,9-10,12-13H2,(H2,27,32)(H,28,33)/t17?,18-/m1/s1. The molecule has 2 atom stereocenters. The molecule has 2 aromatic rings. The number of nitrogens with one attached hydrogen (secondary N) is 1. The summed E-state index contributed by atoms with van der Waals surface area (Å²) < 4.78 is 41.4. The molecule has 0 bridgehead atoms. The fourth-order valence-electron chi connectivity index (χ4n) is 3.74. The van der Waals surface area contributed by atoms with Crippen LogP contribution in [0.25, 0.3) is 0 Å². The third-order valence-electron chi connectivity index (χ3n) is 5.27. The Hall–Kier alpha value is -3.89. The van der Waals surface area contributed by atoms with Crippen molar-refractivity contribution < 1.29 is 37.1 Å². The van der Waals surface area contributed by atoms with Gasteiger partial charge in [-0.2, -0.15) is 0 Å². The lowest BCUT2D eigenvalue weighted by molar-refractivity contribution is -0.274. The molecule has 2 aromatic carbocycles. The van der Waals surface area contributed by atoms with Crippen LogP contribution in [0.5, 0.6) is 5.75 Å². The molecule has 180 valence electrons. The number of likely N-dealkylation sites (tertiary alicyclic amines) is 1. The zero-order valence-electron chi connectivity index (χ0n) is 17.9. The van der Waals surface area contributed by atoms with Crippen molar-refractivity contribution in [1.29, 1.82) is 0 Å². The summed E-state index contributed by atoms with van der Waals surface area (Å²) >= 11 is 0. The van der Waals surface area contributed by atoms with Crippen molar-refractivity contribution in [3.05, 3.63) is 65.7 Å². The summed E-state index contributed by atoms with van der Waals surface area (Å²) in [5.41, 5.74) is 6.14. The second-order valence-corrected chi connectivity index (χ2v) is 7.75. The molecule has 0 saturated carbocycles. The minimum absolute atomic E-state index is 0.0197. The van der Waals surface area contributed by atoms with Crippen molar-refractivity contribution in [2.45, 2.75) is 44.3 Å². The van der Waals surface area contributed by atoms with Crippen LogP contribution in [0.3, 0.4) is 0 Å². The highest BCUT2D eigenvalue weighted by atomic mass is 19.4. The van der Waals surface area contributed by atoms with Crippen molar-refractivity contribution in [2.75, 3.05) is 0 Å². The van der Waals surface area contributed by atoms with Gasteiger partial charge in [-0.15, -0.1) is 13.2 Å². The van der Waals surface area contributed by atoms with Crippen molar-refractivity contribution in [3.8, 4) is 5.75 Å². The Labute approximate surface area is 192 Å². The fraction of sp³-hybridized carbons (Fsp3) is 0.304. The van der Waals surface area contributed by atoms with E-state index in [9.17, 15) is 32.3 Å². The molecular weight excluding hydrogens is 455 g/mol. The molecule has 1 unspecified atom stereocenters. The number of carbonyl (C=O) groups is 4. The summed E-state index contributed by atoms with van der Waals surface area (Å²) in [6.45, 7) is -0.140. The van der Waals surface area contributed by atoms with E-state index in [1.165, 1.54) is 17.0 Å². The van der Waals surface area contributed by atoms with E-state index in [4.69, 9.17) is 5.73 Å². The molecular formula is C23H22F3N3O5. The highest BCUT2D eigenvalue weighted by Gasteiger charge is 2.38. The summed E-state index contributed by atoms with van der Waals surface area (Å²) in [5, 5.41) is 2.51. The van der Waals surface area contributed by atoms with E-state index in [1.54, 1.807) is 30.3 Å². The third-order valence-corrected chi connectivity index (χ3v) is 5.27. The number of halogens is 3. The SMILES string of the molecule is NC(=O)C(=O)C(Cc1ccccc1)NC(=O)[C@H]1CCC(=O)N1Cc1cccc(OC(F)(F)F)c1. The predicted molar refractivity (Wildman–Crippen MR) is 113 cm³/mol. The molecule has 0 radical (unpaired) electrons. The van der Waals surface area contributed by atoms with Crippen molar-refractivity contribution in [1.82, 2.24) is 10.2 Å². The molecule has 3 amide bonds. The maximum atomic E-state index is 13.0. The van der Waals surface area contributed by atoms with Gasteiger partial charge in [0.25, 0.3) is 5.91 Å². The minimum Gasteiger partial charge on any atom is -0.406 e. The van der Waals surface area contributed by atoms with Crippen LogP contribution in [-0.4, -0.2) is 46.9 Å². The van der Waals surface area contributed by atoms with Crippen LogP contribution in [0.1, 0.15) is 24.0 Å². The van der Waals surface area contributed by atoms with Gasteiger partial charge in [-0.3, -0.25) is 19.2 Å². The summed E-state index contributed by atoms with van der Waals surface area (Å²) in [6.07, 6.45) is -4.66. The Morgan fingerprint density at radius 3 is 2.41 bits per heavy atom. The van der Waals surface area contributed by atoms with Crippen LogP contribution in [0, 0.1) is 0 Å². The number of benzene rings is 2. The summed E-state index contributed by atoms with van der Waals surface area (Å²) in [4.78, 5) is 50.4. The first-order chi connectivity index (χ1) is 16.0. The average Bonchev–Trinajstić information content (AvgIpc) is 3.12. The maximum Gasteiger partial charge on any atom is 0.573 e. The highest BCUT2D eigenvalue weighted by Crippen LogP contribution is 2.26. The molecule has 1 aliphatic heterocycles. The molecule has 8 nitrogen and oxygen atoms in total. The number of alkyl halides is 3. The molecule has 3 rings (SSSR count). The minimum atomic E-state index is -4.87. The van der Waals surface area contributed by atoms with Crippen molar-refractivity contribution in [3.63, 3.8) is 0 Å². The number of rotatable bonds is 9. The molecule has 1 heterocycles. The van der Waals surface area contributed by atoms with Gasteiger partial charge in [-0.05, 0) is 29.7 Å². The number of Topliss-reactive ketones (excluding diaryl/α,β-unsaturated/α-hetero) is 1. The monoisotopic (exact) mass is 477 g/mol. The lowest BCUT2D eigenvalue weighted by Gasteiger charge is -2.26. The lowest BCUT2D eigenvalue weighted by Crippen LogP contribution is -2.53. The Morgan fingerprint density at radius 2 is 1.76 bits per heavy atom. The number of nitrogens with zero attached hydrogens (tertiary/aromatic N) is 1. The second-order valence-electron chi connectivity index (χ2n) is 7.75. The molecule has 0 aromatic heterocycles. The normalized spacial score (nSPS) is 16.7. The number of amides is 3. The van der Waals surface area contributed by atoms with E-state index in [1.807, 2.05) is 0 Å². The topological polar surface area (TPSA) is 119 Å². The Balaban J connectivity index is 1.74. The van der Waals surface area contributed by atoms with Gasteiger partial charge in [0.15, 0.2) is 0 Å². The molecule has 0 spiro atoms. The van der Waals surface area contributed by atoms with E-state index < -0.39 is 41.8 Å². The lowest BCUT2D eigenvalue weighted by atomic mass is 10.0. The van der Waals surface area contributed by atoms with Crippen LogP contribution in [0.2, 0.25) is 0 Å². The van der Waals surface area contributed by atoms with Gasteiger partial charge >= 0.3 is 6.36 Å². The number of nitrogens with two attached hydrogens (primary N) is 1. The third kappa shape index (κ3) is 6.56. The predicted octanol–water partition coefficient (Wildman–Crippen LogP) is 1.86. The van der Waals surface area contributed by atoms with E-state index in [2.05, 4.69) is 10.1 Å². The zero-order chi connectivity index (χ0) is 24.9. The van der Waals surface area contributed by atoms with Crippen molar-refractivity contribution in [2.24, 2.45) is 5.73 Å². The molecule has 1 fully saturated rings. The van der Waals surface area contributed by atoms with Crippen LogP contribution in [-0.2, 0) is 32.1 Å². The van der Waals surface area contributed by atoms with Crippen LogP contribution in [0.4, 0.5) is 13.2 Å². The van der Waals surface area contributed by atoms with Crippen molar-refractivity contribution >= 4 is 23.5 Å². The van der Waals surface area contributed by atoms with E-state index >= 15 is 0 Å². The van der Waals surface area contributed by atoms with Gasteiger partial charge in [-0.25, -0.2) is 0 Å². The quantitative estimate of drug-likeness (QED) is 0.535. The maximum absolute atomic E-state index is 13.0. The molecule has 11 heteroatoms. The number of ketones is 1. The average molecular weight is 477 g/mol. The fourth-order valence-corrected chi connectivity index (χ4v) is 3.74. The largest absolute Gasteiger partial charge is 0.573 e. The Bertz CT molecular complexity index is 1080. The van der Waals surface area contributed by atoms with E-state index in [0.29, 0.717) is 11.1 Å². The first kappa shape index (κ1) is 24.7. The number of primary amides is 1. The molecule has 1 saturated heterocycles.